The Hall–Kier alpha value is -4.71. The average molecular weight is 479 g/mol. The van der Waals surface area contributed by atoms with Crippen molar-refractivity contribution in [2.45, 2.75) is 6.61 Å². The number of anilines is 2. The molecule has 5 aromatic rings. The Morgan fingerprint density at radius 3 is 2.22 bits per heavy atom. The molecule has 0 amide bonds. The van der Waals surface area contributed by atoms with Crippen molar-refractivity contribution in [1.29, 1.82) is 0 Å². The number of nitrogens with one attached hydrogen (secondary N) is 1. The van der Waals surface area contributed by atoms with Gasteiger partial charge in [0.1, 0.15) is 23.9 Å². The molecule has 0 atom stereocenters. The largest absolute Gasteiger partial charge is 0.493 e. The third-order valence-electron chi connectivity index (χ3n) is 5.67. The topological polar surface area (TPSA) is 61.8 Å². The Bertz CT molecular complexity index is 1450. The monoisotopic (exact) mass is 478 g/mol. The van der Waals surface area contributed by atoms with Gasteiger partial charge in [-0.05, 0) is 54.1 Å². The molecular weight excluding hydrogens is 452 g/mol. The lowest BCUT2D eigenvalue weighted by atomic mass is 10.1. The summed E-state index contributed by atoms with van der Waals surface area (Å²) in [6, 6.07) is 31.2. The van der Waals surface area contributed by atoms with E-state index >= 15 is 0 Å². The van der Waals surface area contributed by atoms with E-state index in [1.807, 2.05) is 97.1 Å². The van der Waals surface area contributed by atoms with Crippen molar-refractivity contribution >= 4 is 22.3 Å². The number of hydrogen-bond acceptors (Lipinski definition) is 6. The lowest BCUT2D eigenvalue weighted by Crippen LogP contribution is -1.96. The van der Waals surface area contributed by atoms with Gasteiger partial charge in [-0.2, -0.15) is 0 Å². The Labute approximate surface area is 210 Å². The van der Waals surface area contributed by atoms with Crippen molar-refractivity contribution in [3.8, 4) is 28.7 Å². The Morgan fingerprint density at radius 2 is 1.44 bits per heavy atom. The molecular formula is C30H26N2O4. The number of fused-ring (bicyclic) bond motifs is 1. The van der Waals surface area contributed by atoms with Crippen LogP contribution in [0.5, 0.6) is 28.7 Å². The van der Waals surface area contributed by atoms with Crippen LogP contribution in [-0.2, 0) is 6.61 Å². The summed E-state index contributed by atoms with van der Waals surface area (Å²) in [7, 11) is 3.24. The molecule has 5 rings (SSSR count). The van der Waals surface area contributed by atoms with E-state index in [-0.39, 0.29) is 0 Å². The van der Waals surface area contributed by atoms with E-state index in [2.05, 4.69) is 10.3 Å². The average Bonchev–Trinajstić information content (AvgIpc) is 2.93. The number of pyridine rings is 1. The maximum Gasteiger partial charge on any atom is 0.162 e. The van der Waals surface area contributed by atoms with Gasteiger partial charge in [0.25, 0.3) is 0 Å². The molecule has 0 saturated heterocycles. The van der Waals surface area contributed by atoms with E-state index < -0.39 is 0 Å². The highest BCUT2D eigenvalue weighted by atomic mass is 16.5. The molecule has 0 unspecified atom stereocenters. The SMILES string of the molecule is COc1cc2nccc(Nc3ccc(Oc4cccc(OCc5ccccc5)c4)cc3)c2cc1OC. The highest BCUT2D eigenvalue weighted by Crippen LogP contribution is 2.35. The Kier molecular flexibility index (Phi) is 6.85. The summed E-state index contributed by atoms with van der Waals surface area (Å²) >= 11 is 0. The molecule has 0 aliphatic rings. The third-order valence-corrected chi connectivity index (χ3v) is 5.67. The van der Waals surface area contributed by atoms with Crippen LogP contribution in [0.15, 0.2) is 103 Å². The van der Waals surface area contributed by atoms with E-state index in [4.69, 9.17) is 18.9 Å². The van der Waals surface area contributed by atoms with Crippen LogP contribution in [0.25, 0.3) is 10.9 Å². The van der Waals surface area contributed by atoms with Crippen LogP contribution in [0.4, 0.5) is 11.4 Å². The number of ether oxygens (including phenoxy) is 4. The van der Waals surface area contributed by atoms with Crippen molar-refractivity contribution in [3.63, 3.8) is 0 Å². The van der Waals surface area contributed by atoms with Gasteiger partial charge in [0.05, 0.1) is 19.7 Å². The first-order valence-electron chi connectivity index (χ1n) is 11.5. The van der Waals surface area contributed by atoms with Crippen molar-refractivity contribution in [1.82, 2.24) is 4.98 Å². The van der Waals surface area contributed by atoms with E-state index in [0.717, 1.165) is 39.3 Å². The summed E-state index contributed by atoms with van der Waals surface area (Å²) < 4.78 is 22.8. The predicted octanol–water partition coefficient (Wildman–Crippen LogP) is 7.37. The molecule has 0 fully saturated rings. The minimum atomic E-state index is 0.507. The summed E-state index contributed by atoms with van der Waals surface area (Å²) in [5.74, 6) is 3.49. The highest BCUT2D eigenvalue weighted by Gasteiger charge is 2.10. The van der Waals surface area contributed by atoms with Crippen LogP contribution >= 0.6 is 0 Å². The molecule has 6 nitrogen and oxygen atoms in total. The number of aromatic nitrogens is 1. The molecule has 1 N–H and O–H groups in total. The normalized spacial score (nSPS) is 10.6. The minimum Gasteiger partial charge on any atom is -0.493 e. The van der Waals surface area contributed by atoms with Gasteiger partial charge in [-0.25, -0.2) is 0 Å². The first-order chi connectivity index (χ1) is 17.7. The molecule has 0 spiro atoms. The zero-order valence-electron chi connectivity index (χ0n) is 20.1. The van der Waals surface area contributed by atoms with Gasteiger partial charge in [0, 0.05) is 35.1 Å². The van der Waals surface area contributed by atoms with E-state index in [1.54, 1.807) is 20.4 Å². The zero-order chi connectivity index (χ0) is 24.7. The second-order valence-electron chi connectivity index (χ2n) is 8.08. The van der Waals surface area contributed by atoms with Crippen LogP contribution in [0.3, 0.4) is 0 Å². The first-order valence-corrected chi connectivity index (χ1v) is 11.5. The zero-order valence-corrected chi connectivity index (χ0v) is 20.1. The smallest absolute Gasteiger partial charge is 0.162 e. The van der Waals surface area contributed by atoms with Gasteiger partial charge < -0.3 is 24.3 Å². The second kappa shape index (κ2) is 10.7. The molecule has 36 heavy (non-hydrogen) atoms. The minimum absolute atomic E-state index is 0.507. The Morgan fingerprint density at radius 1 is 0.694 bits per heavy atom. The molecule has 1 heterocycles. The van der Waals surface area contributed by atoms with E-state index in [9.17, 15) is 0 Å². The van der Waals surface area contributed by atoms with Crippen molar-refractivity contribution in [3.05, 3.63) is 109 Å². The summed E-state index contributed by atoms with van der Waals surface area (Å²) in [5, 5.41) is 4.39. The number of rotatable bonds is 9. The predicted molar refractivity (Wildman–Crippen MR) is 142 cm³/mol. The number of hydrogen-bond donors (Lipinski definition) is 1. The number of benzene rings is 4. The quantitative estimate of drug-likeness (QED) is 0.239. The lowest BCUT2D eigenvalue weighted by molar-refractivity contribution is 0.304. The summed E-state index contributed by atoms with van der Waals surface area (Å²) in [4.78, 5) is 4.46. The number of nitrogens with zero attached hydrogens (tertiary/aromatic N) is 1. The maximum absolute atomic E-state index is 6.05. The van der Waals surface area contributed by atoms with Gasteiger partial charge in [-0.3, -0.25) is 4.98 Å². The van der Waals surface area contributed by atoms with E-state index in [1.165, 1.54) is 0 Å². The molecule has 1 aromatic heterocycles. The highest BCUT2D eigenvalue weighted by molar-refractivity contribution is 5.95. The van der Waals surface area contributed by atoms with Crippen LogP contribution in [0.1, 0.15) is 5.56 Å². The fraction of sp³-hybridized carbons (Fsp3) is 0.100. The molecule has 180 valence electrons. The van der Waals surface area contributed by atoms with Crippen LogP contribution < -0.4 is 24.3 Å². The Balaban J connectivity index is 1.27. The standard InChI is InChI=1S/C30H26N2O4/c1-33-29-18-26-27(15-16-31-28(26)19-30(29)34-2)32-22-11-13-23(14-12-22)36-25-10-6-9-24(17-25)35-20-21-7-4-3-5-8-21/h3-19H,20H2,1-2H3,(H,31,32). The van der Waals surface area contributed by atoms with Crippen molar-refractivity contribution in [2.24, 2.45) is 0 Å². The van der Waals surface area contributed by atoms with Gasteiger partial charge in [0.15, 0.2) is 11.5 Å². The molecule has 0 bridgehead atoms. The molecule has 0 saturated carbocycles. The first kappa shape index (κ1) is 23.1. The van der Waals surface area contributed by atoms with Crippen LogP contribution in [0.2, 0.25) is 0 Å². The maximum atomic E-state index is 6.05. The lowest BCUT2D eigenvalue weighted by Gasteiger charge is -2.13. The molecule has 0 aliphatic heterocycles. The summed E-state index contributed by atoms with van der Waals surface area (Å²) in [5.41, 5.74) is 3.76. The fourth-order valence-electron chi connectivity index (χ4n) is 3.85. The molecule has 0 radical (unpaired) electrons. The fourth-order valence-corrected chi connectivity index (χ4v) is 3.85. The van der Waals surface area contributed by atoms with Gasteiger partial charge in [-0.15, -0.1) is 0 Å². The third kappa shape index (κ3) is 5.33. The van der Waals surface area contributed by atoms with Crippen LogP contribution in [-0.4, -0.2) is 19.2 Å². The second-order valence-corrected chi connectivity index (χ2v) is 8.08. The van der Waals surface area contributed by atoms with Crippen molar-refractivity contribution < 1.29 is 18.9 Å². The van der Waals surface area contributed by atoms with Gasteiger partial charge in [0.2, 0.25) is 0 Å². The molecule has 6 heteroatoms. The van der Waals surface area contributed by atoms with Crippen LogP contribution in [0, 0.1) is 0 Å². The van der Waals surface area contributed by atoms with E-state index in [0.29, 0.717) is 23.9 Å². The van der Waals surface area contributed by atoms with Crippen molar-refractivity contribution in [2.75, 3.05) is 19.5 Å². The number of methoxy groups -OCH3 is 2. The van der Waals surface area contributed by atoms with Gasteiger partial charge in [-0.1, -0.05) is 36.4 Å². The van der Waals surface area contributed by atoms with Gasteiger partial charge >= 0.3 is 0 Å². The molecule has 4 aromatic carbocycles. The summed E-state index contributed by atoms with van der Waals surface area (Å²) in [6.45, 7) is 0.507. The molecule has 0 aliphatic carbocycles. The summed E-state index contributed by atoms with van der Waals surface area (Å²) in [6.07, 6.45) is 1.76.